The highest BCUT2D eigenvalue weighted by molar-refractivity contribution is 5.76. The fourth-order valence-electron chi connectivity index (χ4n) is 1.68. The number of aliphatic imine (C=N–C) groups is 1. The molecule has 0 aliphatic heterocycles. The van der Waals surface area contributed by atoms with E-state index in [4.69, 9.17) is 0 Å². The van der Waals surface area contributed by atoms with Gasteiger partial charge in [0.25, 0.3) is 0 Å². The Labute approximate surface area is 115 Å². The van der Waals surface area contributed by atoms with Gasteiger partial charge in [-0.25, -0.2) is 0 Å². The molecule has 1 heterocycles. The highest BCUT2D eigenvalue weighted by atomic mass is 19.4. The molecule has 5 heteroatoms. The lowest BCUT2D eigenvalue weighted by molar-refractivity contribution is -0.137. The van der Waals surface area contributed by atoms with E-state index < -0.39 is 11.7 Å². The molecule has 2 rings (SSSR count). The predicted molar refractivity (Wildman–Crippen MR) is 71.7 cm³/mol. The normalized spacial score (nSPS) is 13.6. The number of benzene rings is 1. The van der Waals surface area contributed by atoms with E-state index in [1.165, 1.54) is 12.1 Å². The average Bonchev–Trinajstić information content (AvgIpc) is 2.45. The van der Waals surface area contributed by atoms with Gasteiger partial charge in [0.15, 0.2) is 0 Å². The van der Waals surface area contributed by atoms with Gasteiger partial charge in [0.2, 0.25) is 0 Å². The lowest BCUT2D eigenvalue weighted by atomic mass is 10.1. The fraction of sp³-hybridized carbons (Fsp3) is 0.200. The second-order valence-corrected chi connectivity index (χ2v) is 4.33. The molecule has 1 aromatic heterocycles. The molecule has 1 atom stereocenters. The Morgan fingerprint density at radius 2 is 1.80 bits per heavy atom. The number of pyridine rings is 1. The maximum atomic E-state index is 12.5. The van der Waals surface area contributed by atoms with Crippen LogP contribution in [-0.2, 0) is 6.18 Å². The lowest BCUT2D eigenvalue weighted by Gasteiger charge is -2.10. The van der Waals surface area contributed by atoms with Gasteiger partial charge >= 0.3 is 6.18 Å². The first kappa shape index (κ1) is 14.2. The third kappa shape index (κ3) is 3.66. The molecule has 0 saturated carbocycles. The molecule has 0 radical (unpaired) electrons. The lowest BCUT2D eigenvalue weighted by Crippen LogP contribution is -2.04. The first-order chi connectivity index (χ1) is 9.47. The third-order valence-electron chi connectivity index (χ3n) is 2.84. The molecule has 104 valence electrons. The molecule has 0 amide bonds. The quantitative estimate of drug-likeness (QED) is 0.769. The zero-order valence-corrected chi connectivity index (χ0v) is 10.8. The van der Waals surface area contributed by atoms with Crippen LogP contribution < -0.4 is 0 Å². The predicted octanol–water partition coefficient (Wildman–Crippen LogP) is 4.28. The molecule has 0 saturated heterocycles. The van der Waals surface area contributed by atoms with E-state index in [9.17, 15) is 13.2 Å². The molecule has 0 aliphatic rings. The largest absolute Gasteiger partial charge is 0.416 e. The number of hydrogen-bond acceptors (Lipinski definition) is 2. The van der Waals surface area contributed by atoms with Crippen LogP contribution in [0.4, 0.5) is 13.2 Å². The SMILES string of the molecule is C[C@H](N=Cc1ccccn1)c1ccc(C(F)(F)F)cc1. The summed E-state index contributed by atoms with van der Waals surface area (Å²) in [5.74, 6) is 0. The van der Waals surface area contributed by atoms with E-state index in [1.54, 1.807) is 18.5 Å². The van der Waals surface area contributed by atoms with E-state index >= 15 is 0 Å². The maximum absolute atomic E-state index is 12.5. The molecule has 0 N–H and O–H groups in total. The van der Waals surface area contributed by atoms with Crippen molar-refractivity contribution < 1.29 is 13.2 Å². The van der Waals surface area contributed by atoms with E-state index in [2.05, 4.69) is 9.98 Å². The number of rotatable bonds is 3. The van der Waals surface area contributed by atoms with Gasteiger partial charge in [0, 0.05) is 12.4 Å². The summed E-state index contributed by atoms with van der Waals surface area (Å²) in [4.78, 5) is 8.38. The van der Waals surface area contributed by atoms with Crippen molar-refractivity contribution in [2.45, 2.75) is 19.1 Å². The summed E-state index contributed by atoms with van der Waals surface area (Å²) in [7, 11) is 0. The third-order valence-corrected chi connectivity index (χ3v) is 2.84. The van der Waals surface area contributed by atoms with Crippen molar-refractivity contribution in [1.29, 1.82) is 0 Å². The van der Waals surface area contributed by atoms with Crippen LogP contribution in [0.25, 0.3) is 0 Å². The van der Waals surface area contributed by atoms with Crippen LogP contribution in [0.5, 0.6) is 0 Å². The van der Waals surface area contributed by atoms with E-state index in [-0.39, 0.29) is 6.04 Å². The van der Waals surface area contributed by atoms with Gasteiger partial charge in [-0.15, -0.1) is 0 Å². The first-order valence-electron chi connectivity index (χ1n) is 6.08. The zero-order valence-electron chi connectivity index (χ0n) is 10.8. The zero-order chi connectivity index (χ0) is 14.6. The van der Waals surface area contributed by atoms with Crippen LogP contribution in [0.3, 0.4) is 0 Å². The molecule has 0 bridgehead atoms. The number of alkyl halides is 3. The standard InChI is InChI=1S/C15H13F3N2/c1-11(20-10-14-4-2-3-9-19-14)12-5-7-13(8-6-12)15(16,17)18/h2-11H,1H3/t11-/m0/s1. The number of hydrogen-bond donors (Lipinski definition) is 0. The van der Waals surface area contributed by atoms with Crippen molar-refractivity contribution in [3.63, 3.8) is 0 Å². The van der Waals surface area contributed by atoms with Crippen molar-refractivity contribution in [1.82, 2.24) is 4.98 Å². The van der Waals surface area contributed by atoms with Crippen LogP contribution in [0.15, 0.2) is 53.7 Å². The first-order valence-corrected chi connectivity index (χ1v) is 6.08. The number of aromatic nitrogens is 1. The summed E-state index contributed by atoms with van der Waals surface area (Å²) in [6.45, 7) is 1.82. The van der Waals surface area contributed by atoms with Gasteiger partial charge in [-0.1, -0.05) is 18.2 Å². The Morgan fingerprint density at radius 1 is 1.10 bits per heavy atom. The topological polar surface area (TPSA) is 25.2 Å². The van der Waals surface area contributed by atoms with Crippen LogP contribution in [-0.4, -0.2) is 11.2 Å². The van der Waals surface area contributed by atoms with Crippen molar-refractivity contribution in [2.24, 2.45) is 4.99 Å². The number of nitrogens with zero attached hydrogens (tertiary/aromatic N) is 2. The molecular weight excluding hydrogens is 265 g/mol. The van der Waals surface area contributed by atoms with Gasteiger partial charge < -0.3 is 0 Å². The summed E-state index contributed by atoms with van der Waals surface area (Å²) in [5, 5.41) is 0. The molecule has 0 fully saturated rings. The van der Waals surface area contributed by atoms with Crippen molar-refractivity contribution in [2.75, 3.05) is 0 Å². The fourth-order valence-corrected chi connectivity index (χ4v) is 1.68. The van der Waals surface area contributed by atoms with Crippen LogP contribution in [0, 0.1) is 0 Å². The van der Waals surface area contributed by atoms with Crippen molar-refractivity contribution in [3.05, 3.63) is 65.5 Å². The maximum Gasteiger partial charge on any atom is 0.416 e. The Hall–Kier alpha value is -2.17. The van der Waals surface area contributed by atoms with Gasteiger partial charge in [0.1, 0.15) is 0 Å². The van der Waals surface area contributed by atoms with Gasteiger partial charge in [0.05, 0.1) is 17.3 Å². The van der Waals surface area contributed by atoms with E-state index in [0.717, 1.165) is 17.7 Å². The van der Waals surface area contributed by atoms with Gasteiger partial charge in [-0.3, -0.25) is 9.98 Å². The van der Waals surface area contributed by atoms with Crippen LogP contribution >= 0.6 is 0 Å². The monoisotopic (exact) mass is 278 g/mol. The smallest absolute Gasteiger partial charge is 0.283 e. The highest BCUT2D eigenvalue weighted by Crippen LogP contribution is 2.30. The summed E-state index contributed by atoms with van der Waals surface area (Å²) in [6, 6.07) is 10.3. The summed E-state index contributed by atoms with van der Waals surface area (Å²) >= 11 is 0. The Kier molecular flexibility index (Phi) is 4.17. The Balaban J connectivity index is 2.10. The summed E-state index contributed by atoms with van der Waals surface area (Å²) in [6.07, 6.45) is -1.04. The Bertz CT molecular complexity index is 574. The Morgan fingerprint density at radius 3 is 2.35 bits per heavy atom. The molecule has 0 aliphatic carbocycles. The highest BCUT2D eigenvalue weighted by Gasteiger charge is 2.30. The average molecular weight is 278 g/mol. The second kappa shape index (κ2) is 5.86. The molecule has 20 heavy (non-hydrogen) atoms. The summed E-state index contributed by atoms with van der Waals surface area (Å²) in [5.41, 5.74) is 0.790. The molecule has 2 aromatic rings. The van der Waals surface area contributed by atoms with E-state index in [0.29, 0.717) is 5.69 Å². The minimum atomic E-state index is -4.31. The molecule has 1 aromatic carbocycles. The molecular formula is C15H13F3N2. The number of halogens is 3. The van der Waals surface area contributed by atoms with Gasteiger partial charge in [-0.05, 0) is 36.8 Å². The minimum absolute atomic E-state index is 0.223. The molecule has 0 spiro atoms. The van der Waals surface area contributed by atoms with Crippen molar-refractivity contribution >= 4 is 6.21 Å². The van der Waals surface area contributed by atoms with E-state index in [1.807, 2.05) is 19.1 Å². The molecule has 0 unspecified atom stereocenters. The van der Waals surface area contributed by atoms with Crippen LogP contribution in [0.2, 0.25) is 0 Å². The second-order valence-electron chi connectivity index (χ2n) is 4.33. The van der Waals surface area contributed by atoms with Crippen molar-refractivity contribution in [3.8, 4) is 0 Å². The van der Waals surface area contributed by atoms with Crippen LogP contribution in [0.1, 0.15) is 29.8 Å². The summed E-state index contributed by atoms with van der Waals surface area (Å²) < 4.78 is 37.4. The molecule has 2 nitrogen and oxygen atoms in total. The minimum Gasteiger partial charge on any atom is -0.283 e. The van der Waals surface area contributed by atoms with Gasteiger partial charge in [-0.2, -0.15) is 13.2 Å².